The first kappa shape index (κ1) is 27.3. The molecule has 0 aliphatic carbocycles. The van der Waals surface area contributed by atoms with E-state index in [1.807, 2.05) is 26.0 Å². The van der Waals surface area contributed by atoms with Gasteiger partial charge in [0.1, 0.15) is 0 Å². The number of ether oxygens (including phenoxy) is 3. The Kier molecular flexibility index (Phi) is 8.36. The molecule has 9 heteroatoms. The van der Waals surface area contributed by atoms with Crippen molar-refractivity contribution in [2.24, 2.45) is 5.92 Å². The van der Waals surface area contributed by atoms with Crippen molar-refractivity contribution in [1.82, 2.24) is 0 Å². The third-order valence-electron chi connectivity index (χ3n) is 7.20. The Hall–Kier alpha value is -2.33. The van der Waals surface area contributed by atoms with Crippen LogP contribution in [0.15, 0.2) is 35.2 Å². The highest BCUT2D eigenvalue weighted by Crippen LogP contribution is 2.49. The van der Waals surface area contributed by atoms with Gasteiger partial charge >= 0.3 is 5.97 Å². The molecule has 1 N–H and O–H groups in total. The van der Waals surface area contributed by atoms with Crippen molar-refractivity contribution in [2.75, 3.05) is 26.9 Å². The smallest absolute Gasteiger partial charge is 0.306 e. The van der Waals surface area contributed by atoms with Crippen LogP contribution < -0.4 is 0 Å². The zero-order valence-electron chi connectivity index (χ0n) is 21.3. The van der Waals surface area contributed by atoms with Crippen LogP contribution in [0.3, 0.4) is 0 Å². The third-order valence-corrected chi connectivity index (χ3v) is 8.05. The van der Waals surface area contributed by atoms with Crippen molar-refractivity contribution in [1.29, 1.82) is 0 Å². The molecule has 192 valence electrons. The van der Waals surface area contributed by atoms with Crippen molar-refractivity contribution in [3.05, 3.63) is 35.9 Å². The van der Waals surface area contributed by atoms with Crippen molar-refractivity contribution in [3.63, 3.8) is 0 Å². The molecule has 8 nitrogen and oxygen atoms in total. The standard InChI is InChI=1S/C26H35NO7S/c1-7-33-23(28)15-17(3)26(5)18(4)27(14-13-24(32-6)34-8-2)22-12-9-19-16-20(35(29,30)31)10-11-21(19)25(22)26/h9-12,16-17,24H,7-8,13-15H2,1-6H3/p+1. The van der Waals surface area contributed by atoms with Gasteiger partial charge in [-0.05, 0) is 55.7 Å². The summed E-state index contributed by atoms with van der Waals surface area (Å²) >= 11 is 0. The fourth-order valence-corrected chi connectivity index (χ4v) is 5.64. The van der Waals surface area contributed by atoms with Crippen LogP contribution in [0.25, 0.3) is 10.8 Å². The molecule has 3 unspecified atom stereocenters. The van der Waals surface area contributed by atoms with E-state index in [9.17, 15) is 17.8 Å². The Morgan fingerprint density at radius 2 is 1.89 bits per heavy atom. The third kappa shape index (κ3) is 5.28. The maximum atomic E-state index is 12.4. The minimum atomic E-state index is -4.33. The van der Waals surface area contributed by atoms with E-state index in [4.69, 9.17) is 14.2 Å². The second kappa shape index (κ2) is 10.7. The molecule has 0 bridgehead atoms. The Balaban J connectivity index is 2.17. The predicted octanol–water partition coefficient (Wildman–Crippen LogP) is 4.45. The van der Waals surface area contributed by atoms with Crippen LogP contribution in [0, 0.1) is 5.92 Å². The SMILES string of the molecule is CCOC(=O)CC(C)C1(C)C(C)=[N+](CCC(OC)OCC)c2ccc3cc(S(=O)(=O)O)ccc3c21. The first-order valence-corrected chi connectivity index (χ1v) is 13.4. The van der Waals surface area contributed by atoms with Crippen molar-refractivity contribution >= 4 is 38.3 Å². The fraction of sp³-hybridized carbons (Fsp3) is 0.538. The molecule has 0 spiro atoms. The lowest BCUT2D eigenvalue weighted by atomic mass is 9.68. The van der Waals surface area contributed by atoms with Crippen LogP contribution in [0.5, 0.6) is 0 Å². The number of fused-ring (bicyclic) bond motifs is 3. The molecule has 0 saturated carbocycles. The Bertz CT molecular complexity index is 1240. The van der Waals surface area contributed by atoms with Crippen molar-refractivity contribution in [2.45, 2.75) is 64.1 Å². The van der Waals surface area contributed by atoms with Gasteiger partial charge in [0.05, 0.1) is 23.3 Å². The highest BCUT2D eigenvalue weighted by molar-refractivity contribution is 7.85. The molecule has 1 aliphatic rings. The average Bonchev–Trinajstić information content (AvgIpc) is 3.03. The summed E-state index contributed by atoms with van der Waals surface area (Å²) in [5.74, 6) is -0.346. The van der Waals surface area contributed by atoms with Crippen LogP contribution in [0.1, 0.15) is 53.0 Å². The number of benzene rings is 2. The molecule has 0 aromatic heterocycles. The van der Waals surface area contributed by atoms with Crippen molar-refractivity contribution < 1.29 is 36.6 Å². The van der Waals surface area contributed by atoms with Gasteiger partial charge in [0, 0.05) is 38.7 Å². The molecule has 1 aliphatic heterocycles. The number of methoxy groups -OCH3 is 1. The lowest BCUT2D eigenvalue weighted by Gasteiger charge is -2.30. The fourth-order valence-electron chi connectivity index (χ4n) is 5.12. The summed E-state index contributed by atoms with van der Waals surface area (Å²) in [5, 5.41) is 1.58. The summed E-state index contributed by atoms with van der Waals surface area (Å²) in [6, 6.07) is 8.47. The van der Waals surface area contributed by atoms with Crippen LogP contribution in [-0.4, -0.2) is 62.4 Å². The number of hydrogen-bond donors (Lipinski definition) is 1. The normalized spacial score (nSPS) is 19.6. The van der Waals surface area contributed by atoms with Gasteiger partial charge in [-0.25, -0.2) is 0 Å². The van der Waals surface area contributed by atoms with E-state index in [1.165, 1.54) is 12.1 Å². The first-order valence-electron chi connectivity index (χ1n) is 11.9. The number of rotatable bonds is 11. The van der Waals surface area contributed by atoms with E-state index in [1.54, 1.807) is 20.1 Å². The molecule has 2 aromatic rings. The number of carbonyl (C=O) groups is 1. The highest BCUT2D eigenvalue weighted by atomic mass is 32.2. The number of hydrogen-bond acceptors (Lipinski definition) is 6. The van der Waals surface area contributed by atoms with Gasteiger partial charge in [-0.1, -0.05) is 13.0 Å². The molecular weight excluding hydrogens is 470 g/mol. The van der Waals surface area contributed by atoms with E-state index in [-0.39, 0.29) is 29.5 Å². The van der Waals surface area contributed by atoms with Crippen molar-refractivity contribution in [3.8, 4) is 0 Å². The van der Waals surface area contributed by atoms with Crippen LogP contribution in [0.4, 0.5) is 5.69 Å². The second-order valence-corrected chi connectivity index (χ2v) is 10.5. The summed E-state index contributed by atoms with van der Waals surface area (Å²) < 4.78 is 51.6. The Labute approximate surface area is 207 Å². The molecule has 0 amide bonds. The summed E-state index contributed by atoms with van der Waals surface area (Å²) in [6.45, 7) is 11.5. The molecule has 0 saturated heterocycles. The molecule has 3 rings (SSSR count). The topological polar surface area (TPSA) is 102 Å². The molecule has 0 fully saturated rings. The summed E-state index contributed by atoms with van der Waals surface area (Å²) in [7, 11) is -2.70. The highest BCUT2D eigenvalue weighted by Gasteiger charge is 2.51. The van der Waals surface area contributed by atoms with Crippen LogP contribution >= 0.6 is 0 Å². The lowest BCUT2D eigenvalue weighted by Crippen LogP contribution is -2.38. The Morgan fingerprint density at radius 3 is 2.49 bits per heavy atom. The first-order chi connectivity index (χ1) is 16.5. The summed E-state index contributed by atoms with van der Waals surface area (Å²) in [4.78, 5) is 12.3. The molecule has 35 heavy (non-hydrogen) atoms. The van der Waals surface area contributed by atoms with E-state index >= 15 is 0 Å². The lowest BCUT2D eigenvalue weighted by molar-refractivity contribution is -0.444. The summed E-state index contributed by atoms with van der Waals surface area (Å²) in [6.07, 6.45) is 0.551. The predicted molar refractivity (Wildman–Crippen MR) is 134 cm³/mol. The minimum absolute atomic E-state index is 0.0951. The maximum Gasteiger partial charge on any atom is 0.306 e. The van der Waals surface area contributed by atoms with Gasteiger partial charge in [-0.3, -0.25) is 9.35 Å². The van der Waals surface area contributed by atoms with Gasteiger partial charge in [0.2, 0.25) is 5.69 Å². The molecule has 3 atom stereocenters. The van der Waals surface area contributed by atoms with Gasteiger partial charge < -0.3 is 14.2 Å². The van der Waals surface area contributed by atoms with Gasteiger partial charge in [0.15, 0.2) is 18.5 Å². The van der Waals surface area contributed by atoms with E-state index in [0.717, 1.165) is 22.3 Å². The maximum absolute atomic E-state index is 12.4. The monoisotopic (exact) mass is 506 g/mol. The molecule has 2 aromatic carbocycles. The largest absolute Gasteiger partial charge is 0.466 e. The van der Waals surface area contributed by atoms with Crippen LogP contribution in [-0.2, 0) is 34.5 Å². The zero-order chi connectivity index (χ0) is 26.0. The number of esters is 1. The average molecular weight is 507 g/mol. The van der Waals surface area contributed by atoms with E-state index in [2.05, 4.69) is 18.4 Å². The van der Waals surface area contributed by atoms with E-state index in [0.29, 0.717) is 31.6 Å². The second-order valence-electron chi connectivity index (χ2n) is 9.08. The zero-order valence-corrected chi connectivity index (χ0v) is 22.1. The molecule has 0 radical (unpaired) electrons. The van der Waals surface area contributed by atoms with E-state index < -0.39 is 15.5 Å². The number of carbonyl (C=O) groups excluding carboxylic acids is 1. The van der Waals surface area contributed by atoms with Crippen LogP contribution in [0.2, 0.25) is 0 Å². The Morgan fingerprint density at radius 1 is 1.17 bits per heavy atom. The number of nitrogens with zero attached hydrogens (tertiary/aromatic N) is 1. The molecular formula is C26H36NO7S+. The van der Waals surface area contributed by atoms with Gasteiger partial charge in [-0.2, -0.15) is 13.0 Å². The van der Waals surface area contributed by atoms with Gasteiger partial charge in [0.25, 0.3) is 10.1 Å². The summed E-state index contributed by atoms with van der Waals surface area (Å²) in [5.41, 5.74) is 2.59. The van der Waals surface area contributed by atoms with Gasteiger partial charge in [-0.15, -0.1) is 0 Å². The quantitative estimate of drug-likeness (QED) is 0.208. The molecule has 1 heterocycles. The minimum Gasteiger partial charge on any atom is -0.466 e.